The molecule has 0 aliphatic heterocycles. The van der Waals surface area contributed by atoms with Crippen molar-refractivity contribution in [1.29, 1.82) is 0 Å². The summed E-state index contributed by atoms with van der Waals surface area (Å²) in [7, 11) is 0. The fourth-order valence-electron chi connectivity index (χ4n) is 2.49. The molecule has 1 aromatic heterocycles. The number of furan rings is 1. The molecule has 1 fully saturated rings. The average molecular weight is 250 g/mol. The fourth-order valence-corrected chi connectivity index (χ4v) is 2.49. The number of rotatable bonds is 9. The van der Waals surface area contributed by atoms with E-state index < -0.39 is 0 Å². The van der Waals surface area contributed by atoms with Crippen molar-refractivity contribution >= 4 is 0 Å². The fraction of sp³-hybridized carbons (Fsp3) is 0.733. The summed E-state index contributed by atoms with van der Waals surface area (Å²) in [5.74, 6) is 1.09. The van der Waals surface area contributed by atoms with Gasteiger partial charge in [0.2, 0.25) is 0 Å². The summed E-state index contributed by atoms with van der Waals surface area (Å²) in [6.45, 7) is 7.69. The second-order valence-corrected chi connectivity index (χ2v) is 5.25. The first kappa shape index (κ1) is 13.6. The molecule has 1 heterocycles. The number of nitrogens with zero attached hydrogens (tertiary/aromatic N) is 1. The Bertz CT molecular complexity index is 319. The van der Waals surface area contributed by atoms with Crippen molar-refractivity contribution in [3.05, 3.63) is 24.2 Å². The maximum Gasteiger partial charge on any atom is 0.117 e. The first-order valence-electron chi connectivity index (χ1n) is 7.34. The molecule has 1 aliphatic rings. The van der Waals surface area contributed by atoms with E-state index in [9.17, 15) is 0 Å². The van der Waals surface area contributed by atoms with Gasteiger partial charge in [0.15, 0.2) is 0 Å². The van der Waals surface area contributed by atoms with Crippen molar-refractivity contribution in [1.82, 2.24) is 10.2 Å². The highest BCUT2D eigenvalue weighted by molar-refractivity contribution is 5.01. The first-order chi connectivity index (χ1) is 8.85. The van der Waals surface area contributed by atoms with Crippen LogP contribution in [0.3, 0.4) is 0 Å². The van der Waals surface area contributed by atoms with Crippen molar-refractivity contribution < 1.29 is 4.42 Å². The minimum atomic E-state index is 0.633. The molecule has 18 heavy (non-hydrogen) atoms. The van der Waals surface area contributed by atoms with Crippen LogP contribution in [0.1, 0.15) is 45.3 Å². The highest BCUT2D eigenvalue weighted by Crippen LogP contribution is 2.31. The van der Waals surface area contributed by atoms with Gasteiger partial charge in [0, 0.05) is 18.6 Å². The van der Waals surface area contributed by atoms with Gasteiger partial charge in [0.1, 0.15) is 5.76 Å². The minimum Gasteiger partial charge on any atom is -0.468 e. The molecule has 0 radical (unpaired) electrons. The van der Waals surface area contributed by atoms with Crippen LogP contribution < -0.4 is 5.32 Å². The third-order valence-corrected chi connectivity index (χ3v) is 3.68. The SMILES string of the molecule is CCCNCC(CC)N(Cc1ccco1)C1CC1. The highest BCUT2D eigenvalue weighted by Gasteiger charge is 2.33. The van der Waals surface area contributed by atoms with Gasteiger partial charge in [-0.25, -0.2) is 0 Å². The molecule has 0 spiro atoms. The van der Waals surface area contributed by atoms with E-state index in [2.05, 4.69) is 30.1 Å². The molecular formula is C15H26N2O. The van der Waals surface area contributed by atoms with Crippen molar-refractivity contribution in [3.63, 3.8) is 0 Å². The van der Waals surface area contributed by atoms with Crippen LogP contribution in [0.4, 0.5) is 0 Å². The Labute approximate surface area is 111 Å². The Balaban J connectivity index is 1.89. The summed E-state index contributed by atoms with van der Waals surface area (Å²) in [5.41, 5.74) is 0. The molecule has 0 aromatic carbocycles. The van der Waals surface area contributed by atoms with Gasteiger partial charge >= 0.3 is 0 Å². The van der Waals surface area contributed by atoms with Gasteiger partial charge < -0.3 is 9.73 Å². The topological polar surface area (TPSA) is 28.4 Å². The molecule has 0 saturated heterocycles. The zero-order valence-corrected chi connectivity index (χ0v) is 11.7. The van der Waals surface area contributed by atoms with E-state index in [1.165, 1.54) is 25.7 Å². The average Bonchev–Trinajstić information content (AvgIpc) is 3.10. The molecule has 1 atom stereocenters. The number of hydrogen-bond donors (Lipinski definition) is 1. The van der Waals surface area contributed by atoms with Gasteiger partial charge in [-0.2, -0.15) is 0 Å². The van der Waals surface area contributed by atoms with Crippen LogP contribution >= 0.6 is 0 Å². The van der Waals surface area contributed by atoms with Crippen molar-refractivity contribution in [3.8, 4) is 0 Å². The summed E-state index contributed by atoms with van der Waals surface area (Å²) < 4.78 is 5.50. The van der Waals surface area contributed by atoms with Gasteiger partial charge in [-0.3, -0.25) is 4.90 Å². The van der Waals surface area contributed by atoms with Gasteiger partial charge in [-0.15, -0.1) is 0 Å². The lowest BCUT2D eigenvalue weighted by Gasteiger charge is -2.30. The van der Waals surface area contributed by atoms with Gasteiger partial charge in [-0.05, 0) is 44.4 Å². The third-order valence-electron chi connectivity index (χ3n) is 3.68. The number of hydrogen-bond acceptors (Lipinski definition) is 3. The van der Waals surface area contributed by atoms with Crippen LogP contribution in [-0.2, 0) is 6.54 Å². The monoisotopic (exact) mass is 250 g/mol. The van der Waals surface area contributed by atoms with Gasteiger partial charge in [-0.1, -0.05) is 13.8 Å². The molecule has 1 aliphatic carbocycles. The first-order valence-corrected chi connectivity index (χ1v) is 7.34. The molecular weight excluding hydrogens is 224 g/mol. The summed E-state index contributed by atoms with van der Waals surface area (Å²) in [6, 6.07) is 5.48. The van der Waals surface area contributed by atoms with E-state index in [-0.39, 0.29) is 0 Å². The van der Waals surface area contributed by atoms with E-state index >= 15 is 0 Å². The molecule has 1 N–H and O–H groups in total. The zero-order chi connectivity index (χ0) is 12.8. The van der Waals surface area contributed by atoms with E-state index in [1.54, 1.807) is 6.26 Å². The molecule has 0 amide bonds. The van der Waals surface area contributed by atoms with E-state index in [4.69, 9.17) is 4.42 Å². The molecule has 1 unspecified atom stereocenters. The predicted octanol–water partition coefficient (Wildman–Crippen LogP) is 3.02. The maximum atomic E-state index is 5.50. The van der Waals surface area contributed by atoms with Gasteiger partial charge in [0.05, 0.1) is 12.8 Å². The van der Waals surface area contributed by atoms with E-state index in [0.29, 0.717) is 6.04 Å². The van der Waals surface area contributed by atoms with Crippen LogP contribution in [0.25, 0.3) is 0 Å². The van der Waals surface area contributed by atoms with Gasteiger partial charge in [0.25, 0.3) is 0 Å². The van der Waals surface area contributed by atoms with Crippen molar-refractivity contribution in [2.45, 2.75) is 58.2 Å². The summed E-state index contributed by atoms with van der Waals surface area (Å²) in [5, 5.41) is 3.56. The Morgan fingerprint density at radius 1 is 1.44 bits per heavy atom. The lowest BCUT2D eigenvalue weighted by atomic mass is 10.1. The smallest absolute Gasteiger partial charge is 0.117 e. The van der Waals surface area contributed by atoms with Crippen LogP contribution in [-0.4, -0.2) is 30.1 Å². The minimum absolute atomic E-state index is 0.633. The third kappa shape index (κ3) is 3.85. The molecule has 0 bridgehead atoms. The van der Waals surface area contributed by atoms with Crippen molar-refractivity contribution in [2.24, 2.45) is 0 Å². The Hall–Kier alpha value is -0.800. The Kier molecular flexibility index (Phi) is 5.26. The molecule has 3 heteroatoms. The lowest BCUT2D eigenvalue weighted by molar-refractivity contribution is 0.156. The molecule has 102 valence electrons. The maximum absolute atomic E-state index is 5.50. The quantitative estimate of drug-likeness (QED) is 0.683. The highest BCUT2D eigenvalue weighted by atomic mass is 16.3. The largest absolute Gasteiger partial charge is 0.468 e. The van der Waals surface area contributed by atoms with Crippen LogP contribution in [0, 0.1) is 0 Å². The Morgan fingerprint density at radius 2 is 2.28 bits per heavy atom. The van der Waals surface area contributed by atoms with E-state index in [1.807, 2.05) is 6.07 Å². The second-order valence-electron chi connectivity index (χ2n) is 5.25. The molecule has 1 aromatic rings. The molecule has 1 saturated carbocycles. The normalized spacial score (nSPS) is 17.3. The van der Waals surface area contributed by atoms with Crippen molar-refractivity contribution in [2.75, 3.05) is 13.1 Å². The molecule has 3 nitrogen and oxygen atoms in total. The Morgan fingerprint density at radius 3 is 2.83 bits per heavy atom. The standard InChI is InChI=1S/C15H26N2O/c1-3-9-16-11-13(4-2)17(14-7-8-14)12-15-6-5-10-18-15/h5-6,10,13-14,16H,3-4,7-9,11-12H2,1-2H3. The lowest BCUT2D eigenvalue weighted by Crippen LogP contribution is -2.43. The summed E-state index contributed by atoms with van der Waals surface area (Å²) in [4.78, 5) is 2.63. The van der Waals surface area contributed by atoms with Crippen LogP contribution in [0.2, 0.25) is 0 Å². The summed E-state index contributed by atoms with van der Waals surface area (Å²) >= 11 is 0. The predicted molar refractivity (Wildman–Crippen MR) is 74.5 cm³/mol. The van der Waals surface area contributed by atoms with Crippen LogP contribution in [0.5, 0.6) is 0 Å². The zero-order valence-electron chi connectivity index (χ0n) is 11.7. The van der Waals surface area contributed by atoms with E-state index in [0.717, 1.165) is 31.4 Å². The summed E-state index contributed by atoms with van der Waals surface area (Å²) in [6.07, 6.45) is 6.89. The molecule has 2 rings (SSSR count). The second kappa shape index (κ2) is 6.95. The number of nitrogens with one attached hydrogen (secondary N) is 1. The van der Waals surface area contributed by atoms with Crippen LogP contribution in [0.15, 0.2) is 22.8 Å².